The van der Waals surface area contributed by atoms with E-state index in [1.54, 1.807) is 0 Å². The lowest BCUT2D eigenvalue weighted by Crippen LogP contribution is -2.49. The first-order valence-electron chi connectivity index (χ1n) is 3.03. The highest BCUT2D eigenvalue weighted by Gasteiger charge is 2.32. The van der Waals surface area contributed by atoms with Crippen molar-refractivity contribution in [1.82, 2.24) is 9.80 Å². The molecule has 5 nitrogen and oxygen atoms in total. The van der Waals surface area contributed by atoms with Gasteiger partial charge in [-0.15, -0.1) is 0 Å². The minimum Gasteiger partial charge on any atom is -0.369 e. The Morgan fingerprint density at radius 2 is 2.00 bits per heavy atom. The normalized spacial score (nSPS) is 28.5. The number of aliphatic hydroxyl groups excluding tert-OH is 1. The number of aliphatic hydroxyl groups is 1. The molecule has 0 spiro atoms. The highest BCUT2D eigenvalue weighted by molar-refractivity contribution is 7.58. The minimum atomic E-state index is -0.939. The molecule has 0 aliphatic carbocycles. The zero-order valence-electron chi connectivity index (χ0n) is 6.24. The van der Waals surface area contributed by atoms with Gasteiger partial charge in [0, 0.05) is 22.7 Å². The Labute approximate surface area is 65.7 Å². The molecule has 0 aromatic carbocycles. The van der Waals surface area contributed by atoms with Gasteiger partial charge in [0.05, 0.1) is 0 Å². The van der Waals surface area contributed by atoms with Crippen molar-refractivity contribution in [2.24, 2.45) is 0 Å². The van der Waals surface area contributed by atoms with Crippen molar-refractivity contribution < 1.29 is 14.7 Å². The number of urea groups is 1. The average molecular weight is 176 g/mol. The monoisotopic (exact) mass is 176 g/mol. The van der Waals surface area contributed by atoms with Crippen LogP contribution >= 0.6 is 8.58 Å². The van der Waals surface area contributed by atoms with Crippen molar-refractivity contribution in [3.8, 4) is 0 Å². The summed E-state index contributed by atoms with van der Waals surface area (Å²) in [5.74, 6) is -0.939. The predicted molar refractivity (Wildman–Crippen MR) is 40.6 cm³/mol. The minimum absolute atomic E-state index is 0.256. The van der Waals surface area contributed by atoms with Gasteiger partial charge in [-0.3, -0.25) is 14.6 Å². The van der Waals surface area contributed by atoms with Crippen molar-refractivity contribution in [2.45, 2.75) is 5.97 Å². The van der Waals surface area contributed by atoms with E-state index in [1.807, 2.05) is 0 Å². The largest absolute Gasteiger partial charge is 0.369 e. The maximum atomic E-state index is 11.0. The van der Waals surface area contributed by atoms with E-state index >= 15 is 0 Å². The first-order valence-corrected chi connectivity index (χ1v) is 4.11. The summed E-state index contributed by atoms with van der Waals surface area (Å²) < 4.78 is 0. The summed E-state index contributed by atoms with van der Waals surface area (Å²) in [6.07, 6.45) is 0. The molecule has 1 saturated heterocycles. The van der Waals surface area contributed by atoms with Crippen molar-refractivity contribution in [3.63, 3.8) is 0 Å². The van der Waals surface area contributed by atoms with Crippen LogP contribution < -0.4 is 0 Å². The fourth-order valence-corrected chi connectivity index (χ4v) is 1.55. The number of carbonyl (C=O) groups is 2. The van der Waals surface area contributed by atoms with Crippen LogP contribution in [0, 0.1) is 0 Å². The van der Waals surface area contributed by atoms with Crippen molar-refractivity contribution in [2.75, 3.05) is 14.1 Å². The van der Waals surface area contributed by atoms with Crippen LogP contribution in [0.4, 0.5) is 9.59 Å². The fourth-order valence-electron chi connectivity index (χ4n) is 0.732. The summed E-state index contributed by atoms with van der Waals surface area (Å²) in [7, 11) is 2.61. The van der Waals surface area contributed by atoms with E-state index in [-0.39, 0.29) is 14.2 Å². The maximum Gasteiger partial charge on any atom is 0.328 e. The summed E-state index contributed by atoms with van der Waals surface area (Å²) in [5.41, 5.74) is -0.319. The Bertz CT molecular complexity index is 208. The lowest BCUT2D eigenvalue weighted by atomic mass is 10.7. The van der Waals surface area contributed by atoms with E-state index in [0.29, 0.717) is 0 Å². The van der Waals surface area contributed by atoms with Crippen LogP contribution in [0.5, 0.6) is 0 Å². The van der Waals surface area contributed by atoms with Crippen LogP contribution in [0.15, 0.2) is 0 Å². The highest BCUT2D eigenvalue weighted by Crippen LogP contribution is 2.28. The molecule has 62 valence electrons. The molecule has 1 fully saturated rings. The molecular weight excluding hydrogens is 167 g/mol. The third-order valence-corrected chi connectivity index (χ3v) is 2.74. The smallest absolute Gasteiger partial charge is 0.328 e. The Morgan fingerprint density at radius 3 is 2.55 bits per heavy atom. The summed E-state index contributed by atoms with van der Waals surface area (Å²) in [6, 6.07) is -0.457. The Hall–Kier alpha value is -0.670. The first-order chi connectivity index (χ1) is 5.04. The van der Waals surface area contributed by atoms with Crippen LogP contribution in [-0.2, 0) is 0 Å². The van der Waals surface area contributed by atoms with Crippen molar-refractivity contribution in [1.29, 1.82) is 0 Å². The fraction of sp³-hybridized carbons (Fsp3) is 0.600. The lowest BCUT2D eigenvalue weighted by molar-refractivity contribution is 0.0934. The number of hydrogen-bond donors (Lipinski definition) is 1. The van der Waals surface area contributed by atoms with Crippen molar-refractivity contribution in [3.05, 3.63) is 0 Å². The van der Waals surface area contributed by atoms with Gasteiger partial charge >= 0.3 is 6.03 Å². The maximum absolute atomic E-state index is 11.0. The molecule has 2 unspecified atom stereocenters. The Morgan fingerprint density at radius 1 is 1.45 bits per heavy atom. The molecule has 0 saturated carbocycles. The highest BCUT2D eigenvalue weighted by atomic mass is 31.1. The van der Waals surface area contributed by atoms with E-state index in [2.05, 4.69) is 0 Å². The second-order valence-electron chi connectivity index (χ2n) is 2.28. The quantitative estimate of drug-likeness (QED) is 0.531. The number of carbonyl (C=O) groups excluding carboxylic acids is 2. The van der Waals surface area contributed by atoms with Gasteiger partial charge in [-0.25, -0.2) is 4.79 Å². The summed E-state index contributed by atoms with van der Waals surface area (Å²) >= 11 is 0. The number of hydrogen-bond acceptors (Lipinski definition) is 3. The van der Waals surface area contributed by atoms with Gasteiger partial charge in [0.2, 0.25) is 0 Å². The summed E-state index contributed by atoms with van der Waals surface area (Å²) in [6.45, 7) is 0. The predicted octanol–water partition coefficient (Wildman–Crippen LogP) is 0.0580. The van der Waals surface area contributed by atoms with Crippen molar-refractivity contribution >= 4 is 20.3 Å². The van der Waals surface area contributed by atoms with E-state index in [0.717, 1.165) is 9.80 Å². The SMILES string of the molecule is CN1C(=O)PC(O)N(C)C1=O. The van der Waals surface area contributed by atoms with Gasteiger partial charge in [-0.05, 0) is 0 Å². The molecule has 11 heavy (non-hydrogen) atoms. The molecule has 0 bridgehead atoms. The molecule has 1 aliphatic heterocycles. The molecule has 0 radical (unpaired) electrons. The summed E-state index contributed by atoms with van der Waals surface area (Å²) in [4.78, 5) is 24.1. The van der Waals surface area contributed by atoms with E-state index in [4.69, 9.17) is 5.11 Å². The van der Waals surface area contributed by atoms with Gasteiger partial charge in [-0.1, -0.05) is 0 Å². The molecule has 3 amide bonds. The van der Waals surface area contributed by atoms with Crippen LogP contribution in [-0.4, -0.2) is 46.7 Å². The molecule has 2 atom stereocenters. The topological polar surface area (TPSA) is 60.9 Å². The van der Waals surface area contributed by atoms with Crippen LogP contribution in [0.3, 0.4) is 0 Å². The standard InChI is InChI=1S/C5H9N2O3P/c1-6-3(8)7(2)5(10)11-4(6)9/h4,9,11H,1-2H3. The third-order valence-electron chi connectivity index (χ3n) is 1.51. The molecular formula is C5H9N2O3P. The Balaban J connectivity index is 2.79. The number of amides is 3. The Kier molecular flexibility index (Phi) is 2.11. The van der Waals surface area contributed by atoms with Crippen LogP contribution in [0.25, 0.3) is 0 Å². The van der Waals surface area contributed by atoms with Gasteiger partial charge in [0.15, 0.2) is 5.97 Å². The molecule has 0 aromatic rings. The van der Waals surface area contributed by atoms with Gasteiger partial charge in [0.1, 0.15) is 0 Å². The summed E-state index contributed by atoms with van der Waals surface area (Å²) in [5, 5.41) is 9.11. The van der Waals surface area contributed by atoms with Gasteiger partial charge in [0.25, 0.3) is 5.65 Å². The third kappa shape index (κ3) is 1.34. The van der Waals surface area contributed by atoms with Gasteiger partial charge in [-0.2, -0.15) is 0 Å². The second kappa shape index (κ2) is 2.75. The number of imide groups is 1. The molecule has 1 aliphatic rings. The van der Waals surface area contributed by atoms with E-state index in [9.17, 15) is 9.59 Å². The second-order valence-corrected chi connectivity index (χ2v) is 3.51. The van der Waals surface area contributed by atoms with Gasteiger partial charge < -0.3 is 5.11 Å². The molecule has 6 heteroatoms. The zero-order chi connectivity index (χ0) is 8.59. The molecule has 1 rings (SSSR count). The number of rotatable bonds is 0. The zero-order valence-corrected chi connectivity index (χ0v) is 7.24. The molecule has 1 heterocycles. The number of nitrogens with zero attached hydrogens (tertiary/aromatic N) is 2. The van der Waals surface area contributed by atoms with Crippen LogP contribution in [0.1, 0.15) is 0 Å². The van der Waals surface area contributed by atoms with E-state index in [1.165, 1.54) is 14.1 Å². The van der Waals surface area contributed by atoms with Crippen LogP contribution in [0.2, 0.25) is 0 Å². The van der Waals surface area contributed by atoms with E-state index < -0.39 is 12.0 Å². The lowest BCUT2D eigenvalue weighted by Gasteiger charge is -2.32. The first kappa shape index (κ1) is 8.43. The average Bonchev–Trinajstić information content (AvgIpc) is 1.97. The molecule has 0 aromatic heterocycles. The molecule has 1 N–H and O–H groups in total.